The Hall–Kier alpha value is -1.04. The van der Waals surface area contributed by atoms with Crippen molar-refractivity contribution in [3.63, 3.8) is 0 Å². The van der Waals surface area contributed by atoms with Crippen LogP contribution in [0, 0.1) is 0 Å². The SMILES string of the molecule is O=C(c1cccc(C(F)(F)F)c1)N(CCBr)C1CCC1. The van der Waals surface area contributed by atoms with Crippen molar-refractivity contribution in [1.29, 1.82) is 0 Å². The van der Waals surface area contributed by atoms with Crippen LogP contribution in [0.25, 0.3) is 0 Å². The van der Waals surface area contributed by atoms with Crippen LogP contribution in [0.1, 0.15) is 35.2 Å². The van der Waals surface area contributed by atoms with E-state index in [1.165, 1.54) is 12.1 Å². The van der Waals surface area contributed by atoms with Gasteiger partial charge in [-0.15, -0.1) is 0 Å². The number of carbonyl (C=O) groups is 1. The van der Waals surface area contributed by atoms with Crippen molar-refractivity contribution in [1.82, 2.24) is 4.90 Å². The third kappa shape index (κ3) is 3.34. The molecule has 0 aliphatic heterocycles. The van der Waals surface area contributed by atoms with E-state index < -0.39 is 11.7 Å². The van der Waals surface area contributed by atoms with Gasteiger partial charge >= 0.3 is 6.18 Å². The summed E-state index contributed by atoms with van der Waals surface area (Å²) in [5, 5.41) is 0.619. The van der Waals surface area contributed by atoms with Crippen LogP contribution in [0.15, 0.2) is 24.3 Å². The predicted molar refractivity (Wildman–Crippen MR) is 73.9 cm³/mol. The molecule has 1 amide bonds. The quantitative estimate of drug-likeness (QED) is 0.749. The maximum Gasteiger partial charge on any atom is 0.416 e. The lowest BCUT2D eigenvalue weighted by molar-refractivity contribution is -0.137. The fourth-order valence-corrected chi connectivity index (χ4v) is 2.62. The van der Waals surface area contributed by atoms with Crippen LogP contribution in [-0.2, 0) is 6.18 Å². The lowest BCUT2D eigenvalue weighted by Crippen LogP contribution is -2.45. The maximum absolute atomic E-state index is 12.7. The van der Waals surface area contributed by atoms with E-state index in [1.54, 1.807) is 4.90 Å². The number of benzene rings is 1. The van der Waals surface area contributed by atoms with Crippen molar-refractivity contribution >= 4 is 21.8 Å². The average molecular weight is 350 g/mol. The zero-order chi connectivity index (χ0) is 14.8. The summed E-state index contributed by atoms with van der Waals surface area (Å²) < 4.78 is 38.1. The Morgan fingerprint density at radius 3 is 2.55 bits per heavy atom. The fourth-order valence-electron chi connectivity index (χ4n) is 2.23. The molecule has 0 spiro atoms. The number of alkyl halides is 4. The van der Waals surface area contributed by atoms with E-state index in [9.17, 15) is 18.0 Å². The smallest absolute Gasteiger partial charge is 0.335 e. The van der Waals surface area contributed by atoms with Gasteiger partial charge in [-0.1, -0.05) is 22.0 Å². The highest BCUT2D eigenvalue weighted by molar-refractivity contribution is 9.09. The molecule has 0 N–H and O–H groups in total. The Balaban J connectivity index is 2.22. The molecule has 0 atom stereocenters. The summed E-state index contributed by atoms with van der Waals surface area (Å²) in [7, 11) is 0. The normalized spacial score (nSPS) is 15.8. The highest BCUT2D eigenvalue weighted by Crippen LogP contribution is 2.31. The van der Waals surface area contributed by atoms with Gasteiger partial charge in [0.25, 0.3) is 5.91 Å². The first kappa shape index (κ1) is 15.4. The monoisotopic (exact) mass is 349 g/mol. The van der Waals surface area contributed by atoms with Gasteiger partial charge in [-0.25, -0.2) is 0 Å². The molecule has 1 saturated carbocycles. The van der Waals surface area contributed by atoms with Gasteiger partial charge in [-0.05, 0) is 37.5 Å². The molecule has 0 saturated heterocycles. The van der Waals surface area contributed by atoms with Crippen LogP contribution in [0.4, 0.5) is 13.2 Å². The second-order valence-electron chi connectivity index (χ2n) is 4.85. The van der Waals surface area contributed by atoms with E-state index in [0.29, 0.717) is 11.9 Å². The first-order valence-electron chi connectivity index (χ1n) is 6.47. The molecule has 0 aromatic heterocycles. The molecule has 1 aromatic carbocycles. The number of hydrogen-bond acceptors (Lipinski definition) is 1. The largest absolute Gasteiger partial charge is 0.416 e. The minimum atomic E-state index is -4.42. The van der Waals surface area contributed by atoms with Gasteiger partial charge in [0.05, 0.1) is 5.56 Å². The zero-order valence-electron chi connectivity index (χ0n) is 10.8. The molecule has 1 aliphatic rings. The topological polar surface area (TPSA) is 20.3 Å². The number of carbonyl (C=O) groups excluding carboxylic acids is 1. The summed E-state index contributed by atoms with van der Waals surface area (Å²) in [6.45, 7) is 0.514. The number of nitrogens with zero attached hydrogens (tertiary/aromatic N) is 1. The Labute approximate surface area is 124 Å². The summed E-state index contributed by atoms with van der Waals surface area (Å²) in [5.74, 6) is -0.319. The first-order valence-corrected chi connectivity index (χ1v) is 7.60. The highest BCUT2D eigenvalue weighted by atomic mass is 79.9. The van der Waals surface area contributed by atoms with Gasteiger partial charge in [0, 0.05) is 23.5 Å². The summed E-state index contributed by atoms with van der Waals surface area (Å²) in [6, 6.07) is 4.80. The van der Waals surface area contributed by atoms with E-state index in [1.807, 2.05) is 0 Å². The fraction of sp³-hybridized carbons (Fsp3) is 0.500. The molecule has 2 rings (SSSR count). The number of halogens is 4. The molecule has 2 nitrogen and oxygen atoms in total. The molecule has 1 aromatic rings. The van der Waals surface area contributed by atoms with Crippen molar-refractivity contribution in [2.75, 3.05) is 11.9 Å². The Kier molecular flexibility index (Phi) is 4.73. The number of rotatable bonds is 4. The molecule has 0 radical (unpaired) electrons. The molecule has 1 aliphatic carbocycles. The van der Waals surface area contributed by atoms with E-state index in [0.717, 1.165) is 31.4 Å². The summed E-state index contributed by atoms with van der Waals surface area (Å²) in [5.41, 5.74) is -0.677. The molecule has 0 heterocycles. The average Bonchev–Trinajstić information content (AvgIpc) is 2.34. The lowest BCUT2D eigenvalue weighted by atomic mass is 9.91. The molecule has 0 unspecified atom stereocenters. The van der Waals surface area contributed by atoms with Gasteiger partial charge in [-0.3, -0.25) is 4.79 Å². The van der Waals surface area contributed by atoms with E-state index in [2.05, 4.69) is 15.9 Å². The third-order valence-corrected chi connectivity index (χ3v) is 3.89. The van der Waals surface area contributed by atoms with Gasteiger partial charge in [0.1, 0.15) is 0 Å². The van der Waals surface area contributed by atoms with Gasteiger partial charge in [0.15, 0.2) is 0 Å². The second kappa shape index (κ2) is 6.16. The summed E-state index contributed by atoms with van der Waals surface area (Å²) in [6.07, 6.45) is -1.50. The van der Waals surface area contributed by atoms with Crippen molar-refractivity contribution in [3.05, 3.63) is 35.4 Å². The van der Waals surface area contributed by atoms with Gasteiger partial charge < -0.3 is 4.90 Å². The van der Waals surface area contributed by atoms with E-state index >= 15 is 0 Å². The minimum absolute atomic E-state index is 0.104. The Morgan fingerprint density at radius 2 is 2.05 bits per heavy atom. The Bertz CT molecular complexity index is 486. The van der Waals surface area contributed by atoms with E-state index in [-0.39, 0.29) is 17.5 Å². The summed E-state index contributed by atoms with van der Waals surface area (Å²) in [4.78, 5) is 14.1. The van der Waals surface area contributed by atoms with Crippen LogP contribution in [0.3, 0.4) is 0 Å². The predicted octanol–water partition coefficient (Wildman–Crippen LogP) is 4.10. The second-order valence-corrected chi connectivity index (χ2v) is 5.64. The van der Waals surface area contributed by atoms with Crippen LogP contribution >= 0.6 is 15.9 Å². The van der Waals surface area contributed by atoms with Crippen molar-refractivity contribution in [2.24, 2.45) is 0 Å². The van der Waals surface area contributed by atoms with E-state index in [4.69, 9.17) is 0 Å². The number of amides is 1. The zero-order valence-corrected chi connectivity index (χ0v) is 12.4. The Morgan fingerprint density at radius 1 is 1.35 bits per heavy atom. The lowest BCUT2D eigenvalue weighted by Gasteiger charge is -2.37. The van der Waals surface area contributed by atoms with Gasteiger partial charge in [0.2, 0.25) is 0 Å². The molecule has 0 bridgehead atoms. The molecule has 6 heteroatoms. The highest BCUT2D eigenvalue weighted by Gasteiger charge is 2.33. The maximum atomic E-state index is 12.7. The van der Waals surface area contributed by atoms with Gasteiger partial charge in [-0.2, -0.15) is 13.2 Å². The van der Waals surface area contributed by atoms with Crippen LogP contribution in [-0.4, -0.2) is 28.7 Å². The summed E-state index contributed by atoms with van der Waals surface area (Å²) >= 11 is 3.28. The van der Waals surface area contributed by atoms with Crippen molar-refractivity contribution < 1.29 is 18.0 Å². The molecule has 110 valence electrons. The van der Waals surface area contributed by atoms with Crippen molar-refractivity contribution in [2.45, 2.75) is 31.5 Å². The van der Waals surface area contributed by atoms with Crippen molar-refractivity contribution in [3.8, 4) is 0 Å². The standard InChI is InChI=1S/C14H15BrF3NO/c15-7-8-19(12-5-2-6-12)13(20)10-3-1-4-11(9-10)14(16,17)18/h1,3-4,9,12H,2,5-8H2. The van der Waals surface area contributed by atoms with Crippen LogP contribution < -0.4 is 0 Å². The van der Waals surface area contributed by atoms with Crippen LogP contribution in [0.2, 0.25) is 0 Å². The third-order valence-electron chi connectivity index (χ3n) is 3.54. The number of hydrogen-bond donors (Lipinski definition) is 0. The first-order chi connectivity index (χ1) is 9.43. The molecule has 1 fully saturated rings. The molecule has 20 heavy (non-hydrogen) atoms. The molecular formula is C14H15BrF3NO. The molecular weight excluding hydrogens is 335 g/mol. The van der Waals surface area contributed by atoms with Crippen LogP contribution in [0.5, 0.6) is 0 Å². The minimum Gasteiger partial charge on any atom is -0.335 e.